The van der Waals surface area contributed by atoms with Crippen molar-refractivity contribution < 1.29 is 13.3 Å². The summed E-state index contributed by atoms with van der Waals surface area (Å²) in [6.45, 7) is 3.89. The molecule has 1 aromatic heterocycles. The van der Waals surface area contributed by atoms with E-state index in [9.17, 15) is 8.78 Å². The quantitative estimate of drug-likeness (QED) is 0.908. The molecule has 1 atom stereocenters. The number of hydrogen-bond acceptors (Lipinski definition) is 3. The van der Waals surface area contributed by atoms with Crippen molar-refractivity contribution in [3.05, 3.63) is 52.9 Å². The highest BCUT2D eigenvalue weighted by atomic mass is 19.1. The highest BCUT2D eigenvalue weighted by molar-refractivity contribution is 5.22. The Kier molecular flexibility index (Phi) is 3.72. The lowest BCUT2D eigenvalue weighted by molar-refractivity contribution is 0.385. The maximum Gasteiger partial charge on any atom is 0.133 e. The van der Waals surface area contributed by atoms with E-state index in [1.165, 1.54) is 18.2 Å². The van der Waals surface area contributed by atoms with Crippen molar-refractivity contribution in [3.8, 4) is 0 Å². The minimum Gasteiger partial charge on any atom is -0.361 e. The first-order chi connectivity index (χ1) is 8.58. The zero-order chi connectivity index (χ0) is 13.1. The standard InChI is InChI=1S/C13H14F2N2O/c1-8-6-10(17-18-8)7-16-9(2)13-11(14)4-3-5-12(13)15/h3-6,9,16H,7H2,1-2H3. The van der Waals surface area contributed by atoms with Crippen LogP contribution in [0.4, 0.5) is 8.78 Å². The molecule has 0 spiro atoms. The van der Waals surface area contributed by atoms with Gasteiger partial charge in [-0.15, -0.1) is 0 Å². The third kappa shape index (κ3) is 2.73. The highest BCUT2D eigenvalue weighted by Crippen LogP contribution is 2.20. The number of halogens is 2. The minimum atomic E-state index is -0.550. The molecule has 1 heterocycles. The molecule has 3 nitrogen and oxygen atoms in total. The largest absolute Gasteiger partial charge is 0.361 e. The molecule has 18 heavy (non-hydrogen) atoms. The molecule has 0 radical (unpaired) electrons. The normalized spacial score (nSPS) is 12.7. The van der Waals surface area contributed by atoms with Crippen LogP contribution in [0.5, 0.6) is 0 Å². The molecule has 1 unspecified atom stereocenters. The Morgan fingerprint density at radius 2 is 2.00 bits per heavy atom. The summed E-state index contributed by atoms with van der Waals surface area (Å²) >= 11 is 0. The van der Waals surface area contributed by atoms with E-state index in [0.717, 1.165) is 0 Å². The average Bonchev–Trinajstić information content (AvgIpc) is 2.72. The van der Waals surface area contributed by atoms with Crippen LogP contribution in [0.3, 0.4) is 0 Å². The SMILES string of the molecule is Cc1cc(CNC(C)c2c(F)cccc2F)no1. The monoisotopic (exact) mass is 252 g/mol. The summed E-state index contributed by atoms with van der Waals surface area (Å²) in [4.78, 5) is 0. The molecule has 96 valence electrons. The van der Waals surface area contributed by atoms with Crippen LogP contribution in [0.1, 0.15) is 30.0 Å². The Balaban J connectivity index is 2.06. The van der Waals surface area contributed by atoms with Gasteiger partial charge in [0.1, 0.15) is 17.4 Å². The lowest BCUT2D eigenvalue weighted by Gasteiger charge is -2.14. The van der Waals surface area contributed by atoms with E-state index < -0.39 is 17.7 Å². The molecule has 0 fully saturated rings. The van der Waals surface area contributed by atoms with Crippen LogP contribution in [0.15, 0.2) is 28.8 Å². The van der Waals surface area contributed by atoms with Crippen molar-refractivity contribution in [2.24, 2.45) is 0 Å². The molecule has 2 aromatic rings. The van der Waals surface area contributed by atoms with Gasteiger partial charge >= 0.3 is 0 Å². The molecule has 0 saturated heterocycles. The topological polar surface area (TPSA) is 38.1 Å². The van der Waals surface area contributed by atoms with Gasteiger partial charge in [0.05, 0.1) is 5.69 Å². The fourth-order valence-corrected chi connectivity index (χ4v) is 1.79. The van der Waals surface area contributed by atoms with Crippen LogP contribution in [-0.2, 0) is 6.54 Å². The van der Waals surface area contributed by atoms with E-state index >= 15 is 0 Å². The Hall–Kier alpha value is -1.75. The zero-order valence-electron chi connectivity index (χ0n) is 10.2. The number of benzene rings is 1. The summed E-state index contributed by atoms with van der Waals surface area (Å²) in [6.07, 6.45) is 0. The van der Waals surface area contributed by atoms with Gasteiger partial charge in [0.15, 0.2) is 0 Å². The molecule has 0 aliphatic rings. The minimum absolute atomic E-state index is 0.0396. The summed E-state index contributed by atoms with van der Waals surface area (Å²) in [5, 5.41) is 6.81. The number of hydrogen-bond donors (Lipinski definition) is 1. The summed E-state index contributed by atoms with van der Waals surface area (Å²) in [5.74, 6) is -0.394. The molecule has 5 heteroatoms. The fraction of sp³-hybridized carbons (Fsp3) is 0.308. The van der Waals surface area contributed by atoms with Gasteiger partial charge in [-0.05, 0) is 26.0 Å². The van der Waals surface area contributed by atoms with Gasteiger partial charge in [0.2, 0.25) is 0 Å². The molecule has 2 rings (SSSR count). The van der Waals surface area contributed by atoms with E-state index in [2.05, 4.69) is 10.5 Å². The second kappa shape index (κ2) is 5.27. The van der Waals surface area contributed by atoms with E-state index in [1.54, 1.807) is 19.9 Å². The Morgan fingerprint density at radius 1 is 1.33 bits per heavy atom. The van der Waals surface area contributed by atoms with E-state index in [1.807, 2.05) is 0 Å². The van der Waals surface area contributed by atoms with Crippen LogP contribution >= 0.6 is 0 Å². The number of rotatable bonds is 4. The number of aryl methyl sites for hydroxylation is 1. The molecule has 1 N–H and O–H groups in total. The van der Waals surface area contributed by atoms with Gasteiger partial charge in [-0.1, -0.05) is 11.2 Å². The van der Waals surface area contributed by atoms with Crippen molar-refractivity contribution in [3.63, 3.8) is 0 Å². The third-order valence-corrected chi connectivity index (χ3v) is 2.70. The van der Waals surface area contributed by atoms with Crippen molar-refractivity contribution >= 4 is 0 Å². The molecule has 0 bridgehead atoms. The van der Waals surface area contributed by atoms with Crippen molar-refractivity contribution in [1.29, 1.82) is 0 Å². The van der Waals surface area contributed by atoms with Gasteiger partial charge in [-0.2, -0.15) is 0 Å². The van der Waals surface area contributed by atoms with Gasteiger partial charge in [-0.3, -0.25) is 0 Å². The zero-order valence-corrected chi connectivity index (χ0v) is 10.2. The van der Waals surface area contributed by atoms with E-state index in [-0.39, 0.29) is 5.56 Å². The Bertz CT molecular complexity index is 519. The predicted molar refractivity (Wildman–Crippen MR) is 62.9 cm³/mol. The lowest BCUT2D eigenvalue weighted by Crippen LogP contribution is -2.20. The Labute approximate surface area is 104 Å². The molecule has 0 aliphatic heterocycles. The van der Waals surface area contributed by atoms with Gasteiger partial charge in [-0.25, -0.2) is 8.78 Å². The maximum atomic E-state index is 13.5. The third-order valence-electron chi connectivity index (χ3n) is 2.70. The maximum absolute atomic E-state index is 13.5. The van der Waals surface area contributed by atoms with Crippen LogP contribution < -0.4 is 5.32 Å². The lowest BCUT2D eigenvalue weighted by atomic mass is 10.1. The first-order valence-corrected chi connectivity index (χ1v) is 5.67. The smallest absolute Gasteiger partial charge is 0.133 e. The molecular formula is C13H14F2N2O. The second-order valence-electron chi connectivity index (χ2n) is 4.17. The number of nitrogens with zero attached hydrogens (tertiary/aromatic N) is 1. The summed E-state index contributed by atoms with van der Waals surface area (Å²) in [5.41, 5.74) is 0.744. The van der Waals surface area contributed by atoms with Gasteiger partial charge < -0.3 is 9.84 Å². The number of aromatic nitrogens is 1. The van der Waals surface area contributed by atoms with E-state index in [4.69, 9.17) is 4.52 Å². The summed E-state index contributed by atoms with van der Waals surface area (Å²) in [6, 6.07) is 5.18. The van der Waals surface area contributed by atoms with Crippen LogP contribution in [0.2, 0.25) is 0 Å². The van der Waals surface area contributed by atoms with Crippen LogP contribution in [0.25, 0.3) is 0 Å². The van der Waals surface area contributed by atoms with Crippen LogP contribution in [0, 0.1) is 18.6 Å². The van der Waals surface area contributed by atoms with E-state index in [0.29, 0.717) is 18.0 Å². The van der Waals surface area contributed by atoms with Crippen molar-refractivity contribution in [2.45, 2.75) is 26.4 Å². The first-order valence-electron chi connectivity index (χ1n) is 5.67. The molecule has 0 saturated carbocycles. The van der Waals surface area contributed by atoms with Crippen molar-refractivity contribution in [2.75, 3.05) is 0 Å². The summed E-state index contributed by atoms with van der Waals surface area (Å²) < 4.78 is 31.9. The average molecular weight is 252 g/mol. The van der Waals surface area contributed by atoms with Crippen molar-refractivity contribution in [1.82, 2.24) is 10.5 Å². The molecule has 1 aromatic carbocycles. The molecular weight excluding hydrogens is 238 g/mol. The Morgan fingerprint density at radius 3 is 2.56 bits per heavy atom. The molecule has 0 aliphatic carbocycles. The second-order valence-corrected chi connectivity index (χ2v) is 4.17. The fourth-order valence-electron chi connectivity index (χ4n) is 1.79. The number of nitrogens with one attached hydrogen (secondary N) is 1. The van der Waals surface area contributed by atoms with Gasteiger partial charge in [0.25, 0.3) is 0 Å². The van der Waals surface area contributed by atoms with Crippen LogP contribution in [-0.4, -0.2) is 5.16 Å². The molecule has 0 amide bonds. The van der Waals surface area contributed by atoms with Gasteiger partial charge in [0, 0.05) is 24.2 Å². The highest BCUT2D eigenvalue weighted by Gasteiger charge is 2.15. The predicted octanol–water partition coefficient (Wildman–Crippen LogP) is 3.11. The summed E-state index contributed by atoms with van der Waals surface area (Å²) in [7, 11) is 0. The first kappa shape index (κ1) is 12.7.